The fraction of sp³-hybridized carbons (Fsp3) is 0.333. The van der Waals surface area contributed by atoms with Crippen molar-refractivity contribution in [2.45, 2.75) is 27.2 Å². The maximum atomic E-state index is 12.3. The summed E-state index contributed by atoms with van der Waals surface area (Å²) in [5, 5.41) is 7.34. The Kier molecular flexibility index (Phi) is 6.78. The number of thiophene rings is 1. The van der Waals surface area contributed by atoms with Crippen LogP contribution in [0.5, 0.6) is 5.75 Å². The molecule has 134 valence electrons. The van der Waals surface area contributed by atoms with Crippen LogP contribution in [0.2, 0.25) is 0 Å². The van der Waals surface area contributed by atoms with Crippen LogP contribution >= 0.6 is 23.6 Å². The third kappa shape index (κ3) is 4.70. The minimum atomic E-state index is -0.324. The van der Waals surface area contributed by atoms with Gasteiger partial charge in [0.25, 0.3) is 0 Å². The largest absolute Gasteiger partial charge is 0.497 e. The number of carbonyl (C=O) groups is 1. The van der Waals surface area contributed by atoms with Gasteiger partial charge >= 0.3 is 5.97 Å². The Morgan fingerprint density at radius 3 is 2.68 bits per heavy atom. The summed E-state index contributed by atoms with van der Waals surface area (Å²) < 4.78 is 10.4. The number of aryl methyl sites for hydroxylation is 1. The summed E-state index contributed by atoms with van der Waals surface area (Å²) in [6.45, 7) is 6.15. The van der Waals surface area contributed by atoms with Gasteiger partial charge in [-0.3, -0.25) is 0 Å². The van der Waals surface area contributed by atoms with Gasteiger partial charge in [0.2, 0.25) is 0 Å². The Morgan fingerprint density at radius 1 is 1.28 bits per heavy atom. The first-order valence-electron chi connectivity index (χ1n) is 8.01. The average molecular weight is 379 g/mol. The first kappa shape index (κ1) is 19.2. The quantitative estimate of drug-likeness (QED) is 0.565. The topological polar surface area (TPSA) is 59.6 Å². The molecule has 5 nitrogen and oxygen atoms in total. The number of esters is 1. The number of rotatable bonds is 6. The zero-order chi connectivity index (χ0) is 18.4. The molecule has 0 amide bonds. The van der Waals surface area contributed by atoms with Gasteiger partial charge in [0.1, 0.15) is 10.8 Å². The molecule has 1 aromatic carbocycles. The lowest BCUT2D eigenvalue weighted by Crippen LogP contribution is -2.20. The van der Waals surface area contributed by atoms with Crippen LogP contribution in [0.3, 0.4) is 0 Å². The second kappa shape index (κ2) is 8.82. The van der Waals surface area contributed by atoms with Crippen molar-refractivity contribution in [1.29, 1.82) is 0 Å². The summed E-state index contributed by atoms with van der Waals surface area (Å²) in [7, 11) is 1.61. The number of hydrogen-bond donors (Lipinski definition) is 2. The van der Waals surface area contributed by atoms with Gasteiger partial charge in [0.15, 0.2) is 5.11 Å². The predicted molar refractivity (Wildman–Crippen MR) is 107 cm³/mol. The van der Waals surface area contributed by atoms with Crippen molar-refractivity contribution in [2.75, 3.05) is 24.4 Å². The van der Waals surface area contributed by atoms with E-state index in [2.05, 4.69) is 10.6 Å². The van der Waals surface area contributed by atoms with E-state index in [1.807, 2.05) is 38.1 Å². The van der Waals surface area contributed by atoms with Crippen LogP contribution in [0.4, 0.5) is 10.7 Å². The standard InChI is InChI=1S/C18H22N2O3S2/c1-5-14-11(3)25-16(15(14)17(21)23-6-2)20-18(24)19-12-8-7-9-13(10-12)22-4/h7-10H,5-6H2,1-4H3,(H2,19,20,24). The maximum absolute atomic E-state index is 12.3. The Labute approximate surface area is 157 Å². The van der Waals surface area contributed by atoms with Crippen LogP contribution in [-0.2, 0) is 11.2 Å². The molecule has 0 saturated carbocycles. The summed E-state index contributed by atoms with van der Waals surface area (Å²) in [5.74, 6) is 0.413. The van der Waals surface area contributed by atoms with E-state index in [-0.39, 0.29) is 5.97 Å². The van der Waals surface area contributed by atoms with E-state index in [9.17, 15) is 4.79 Å². The molecule has 7 heteroatoms. The number of anilines is 2. The molecule has 0 fully saturated rings. The molecule has 0 saturated heterocycles. The molecule has 0 unspecified atom stereocenters. The molecule has 2 rings (SSSR count). The highest BCUT2D eigenvalue weighted by molar-refractivity contribution is 7.80. The molecule has 0 atom stereocenters. The molecule has 2 N–H and O–H groups in total. The highest BCUT2D eigenvalue weighted by Gasteiger charge is 2.22. The lowest BCUT2D eigenvalue weighted by atomic mass is 10.1. The van der Waals surface area contributed by atoms with Crippen molar-refractivity contribution in [2.24, 2.45) is 0 Å². The van der Waals surface area contributed by atoms with Crippen molar-refractivity contribution in [1.82, 2.24) is 0 Å². The zero-order valence-electron chi connectivity index (χ0n) is 14.8. The smallest absolute Gasteiger partial charge is 0.341 e. The van der Waals surface area contributed by atoms with Gasteiger partial charge in [0, 0.05) is 16.6 Å². The molecule has 0 bridgehead atoms. The zero-order valence-corrected chi connectivity index (χ0v) is 16.4. The Balaban J connectivity index is 2.21. The summed E-state index contributed by atoms with van der Waals surface area (Å²) >= 11 is 6.89. The molecule has 0 spiro atoms. The van der Waals surface area contributed by atoms with E-state index in [0.29, 0.717) is 22.3 Å². The monoisotopic (exact) mass is 378 g/mol. The van der Waals surface area contributed by atoms with E-state index in [0.717, 1.165) is 28.3 Å². The van der Waals surface area contributed by atoms with Crippen molar-refractivity contribution >= 4 is 45.3 Å². The van der Waals surface area contributed by atoms with Crippen LogP contribution in [-0.4, -0.2) is 24.8 Å². The maximum Gasteiger partial charge on any atom is 0.341 e. The summed E-state index contributed by atoms with van der Waals surface area (Å²) in [5.41, 5.74) is 2.37. The molecule has 0 aliphatic heterocycles. The van der Waals surface area contributed by atoms with Crippen LogP contribution in [0, 0.1) is 6.92 Å². The minimum Gasteiger partial charge on any atom is -0.497 e. The summed E-state index contributed by atoms with van der Waals surface area (Å²) in [4.78, 5) is 13.4. The Morgan fingerprint density at radius 2 is 2.04 bits per heavy atom. The highest BCUT2D eigenvalue weighted by Crippen LogP contribution is 2.34. The number of benzene rings is 1. The molecule has 0 aliphatic rings. The molecule has 2 aromatic rings. The third-order valence-electron chi connectivity index (χ3n) is 3.60. The normalized spacial score (nSPS) is 10.2. The fourth-order valence-corrected chi connectivity index (χ4v) is 3.90. The predicted octanol–water partition coefficient (Wildman–Crippen LogP) is 4.61. The van der Waals surface area contributed by atoms with Gasteiger partial charge in [-0.15, -0.1) is 11.3 Å². The number of methoxy groups -OCH3 is 1. The van der Waals surface area contributed by atoms with Crippen LogP contribution in [0.25, 0.3) is 0 Å². The number of nitrogens with one attached hydrogen (secondary N) is 2. The molecule has 1 aromatic heterocycles. The molecular formula is C18H22N2O3S2. The number of thiocarbonyl (C=S) groups is 1. The second-order valence-electron chi connectivity index (χ2n) is 5.23. The SMILES string of the molecule is CCOC(=O)c1c(NC(=S)Nc2cccc(OC)c2)sc(C)c1CC. The number of carbonyl (C=O) groups excluding carboxylic acids is 1. The van der Waals surface area contributed by atoms with Crippen LogP contribution < -0.4 is 15.4 Å². The Hall–Kier alpha value is -2.12. The van der Waals surface area contributed by atoms with Gasteiger partial charge in [-0.2, -0.15) is 0 Å². The molecular weight excluding hydrogens is 356 g/mol. The third-order valence-corrected chi connectivity index (χ3v) is 4.86. The Bertz CT molecular complexity index is 772. The van der Waals surface area contributed by atoms with Gasteiger partial charge in [0.05, 0.1) is 19.3 Å². The van der Waals surface area contributed by atoms with Crippen molar-refractivity contribution in [3.8, 4) is 5.75 Å². The van der Waals surface area contributed by atoms with E-state index >= 15 is 0 Å². The minimum absolute atomic E-state index is 0.324. The van der Waals surface area contributed by atoms with Crippen molar-refractivity contribution in [3.05, 3.63) is 40.3 Å². The number of hydrogen-bond acceptors (Lipinski definition) is 5. The van der Waals surface area contributed by atoms with E-state index in [4.69, 9.17) is 21.7 Å². The van der Waals surface area contributed by atoms with E-state index in [1.165, 1.54) is 11.3 Å². The molecule has 0 radical (unpaired) electrons. The number of ether oxygens (including phenoxy) is 2. The van der Waals surface area contributed by atoms with E-state index in [1.54, 1.807) is 14.0 Å². The first-order valence-corrected chi connectivity index (χ1v) is 9.24. The fourth-order valence-electron chi connectivity index (χ4n) is 2.48. The van der Waals surface area contributed by atoms with Crippen LogP contribution in [0.15, 0.2) is 24.3 Å². The van der Waals surface area contributed by atoms with Gasteiger partial charge in [-0.1, -0.05) is 13.0 Å². The van der Waals surface area contributed by atoms with Crippen molar-refractivity contribution < 1.29 is 14.3 Å². The van der Waals surface area contributed by atoms with Gasteiger partial charge in [-0.05, 0) is 50.2 Å². The summed E-state index contributed by atoms with van der Waals surface area (Å²) in [6.07, 6.45) is 0.758. The van der Waals surface area contributed by atoms with Crippen molar-refractivity contribution in [3.63, 3.8) is 0 Å². The molecule has 25 heavy (non-hydrogen) atoms. The molecule has 1 heterocycles. The second-order valence-corrected chi connectivity index (χ2v) is 6.86. The van der Waals surface area contributed by atoms with Crippen LogP contribution in [0.1, 0.15) is 34.6 Å². The highest BCUT2D eigenvalue weighted by atomic mass is 32.1. The lowest BCUT2D eigenvalue weighted by Gasteiger charge is -2.12. The van der Waals surface area contributed by atoms with E-state index < -0.39 is 0 Å². The lowest BCUT2D eigenvalue weighted by molar-refractivity contribution is 0.0527. The molecule has 0 aliphatic carbocycles. The average Bonchev–Trinajstić information content (AvgIpc) is 2.90. The van der Waals surface area contributed by atoms with Gasteiger partial charge in [-0.25, -0.2) is 4.79 Å². The van der Waals surface area contributed by atoms with Gasteiger partial charge < -0.3 is 20.1 Å². The first-order chi connectivity index (χ1) is 12.0. The summed E-state index contributed by atoms with van der Waals surface area (Å²) in [6, 6.07) is 7.46.